The van der Waals surface area contributed by atoms with Crippen molar-refractivity contribution in [3.63, 3.8) is 0 Å². The fourth-order valence-electron chi connectivity index (χ4n) is 3.11. The summed E-state index contributed by atoms with van der Waals surface area (Å²) in [5.74, 6) is 0.785. The summed E-state index contributed by atoms with van der Waals surface area (Å²) >= 11 is 1.42. The molecule has 0 unspecified atom stereocenters. The lowest BCUT2D eigenvalue weighted by Gasteiger charge is -2.14. The van der Waals surface area contributed by atoms with Gasteiger partial charge in [0.1, 0.15) is 0 Å². The van der Waals surface area contributed by atoms with E-state index < -0.39 is 10.0 Å². The molecule has 2 aliphatic heterocycles. The van der Waals surface area contributed by atoms with Gasteiger partial charge in [-0.3, -0.25) is 0 Å². The van der Waals surface area contributed by atoms with Crippen LogP contribution in [0.25, 0.3) is 11.0 Å². The summed E-state index contributed by atoms with van der Waals surface area (Å²) in [6.07, 6.45) is 4.90. The van der Waals surface area contributed by atoms with Gasteiger partial charge in [0.25, 0.3) is 0 Å². The molecule has 3 aliphatic rings. The van der Waals surface area contributed by atoms with Crippen molar-refractivity contribution < 1.29 is 17.9 Å². The maximum Gasteiger partial charge on any atom is 0.319 e. The summed E-state index contributed by atoms with van der Waals surface area (Å²) in [4.78, 5) is 18.0. The highest BCUT2D eigenvalue weighted by Gasteiger charge is 2.27. The van der Waals surface area contributed by atoms with E-state index in [1.165, 1.54) is 15.7 Å². The van der Waals surface area contributed by atoms with Crippen LogP contribution < -0.4 is 20.9 Å². The molecule has 0 atom stereocenters. The van der Waals surface area contributed by atoms with Gasteiger partial charge in [0, 0.05) is 25.3 Å². The summed E-state index contributed by atoms with van der Waals surface area (Å²) in [5.41, 5.74) is 1.14. The van der Waals surface area contributed by atoms with Gasteiger partial charge in [0.2, 0.25) is 16.0 Å². The Labute approximate surface area is 185 Å². The number of nitrogens with one attached hydrogen (secondary N) is 3. The maximum absolute atomic E-state index is 12.3. The van der Waals surface area contributed by atoms with Crippen molar-refractivity contribution in [2.75, 3.05) is 43.3 Å². The smallest absolute Gasteiger partial charge is 0.319 e. The number of carbonyl (C=O) groups is 1. The molecule has 0 radical (unpaired) electrons. The summed E-state index contributed by atoms with van der Waals surface area (Å²) in [5, 5.41) is 9.46. The second-order valence-electron chi connectivity index (χ2n) is 7.40. The number of hydrogen-bond acceptors (Lipinski definition) is 8. The Hall–Kier alpha value is -2.28. The highest BCUT2D eigenvalue weighted by Crippen LogP contribution is 2.31. The molecule has 31 heavy (non-hydrogen) atoms. The van der Waals surface area contributed by atoms with E-state index in [1.54, 1.807) is 29.3 Å². The van der Waals surface area contributed by atoms with Crippen LogP contribution in [-0.2, 0) is 14.8 Å². The van der Waals surface area contributed by atoms with Crippen LogP contribution in [0.1, 0.15) is 12.8 Å². The third kappa shape index (κ3) is 5.70. The van der Waals surface area contributed by atoms with E-state index in [1.807, 2.05) is 6.07 Å². The number of morpholine rings is 1. The molecule has 168 valence electrons. The van der Waals surface area contributed by atoms with E-state index in [-0.39, 0.29) is 12.1 Å². The van der Waals surface area contributed by atoms with Gasteiger partial charge in [-0.25, -0.2) is 22.2 Å². The number of benzene rings is 1. The number of aromatic nitrogens is 2. The van der Waals surface area contributed by atoms with E-state index in [4.69, 9.17) is 4.74 Å². The van der Waals surface area contributed by atoms with Crippen LogP contribution in [0, 0.1) is 0 Å². The van der Waals surface area contributed by atoms with E-state index in [0.717, 1.165) is 45.4 Å². The number of hydrogen-bond donors (Lipinski definition) is 3. The number of nitrogens with zero attached hydrogens (tertiary/aromatic N) is 3. The van der Waals surface area contributed by atoms with Crippen LogP contribution in [0.4, 0.5) is 10.7 Å². The molecule has 5 rings (SSSR count). The van der Waals surface area contributed by atoms with E-state index >= 15 is 0 Å². The van der Waals surface area contributed by atoms with E-state index in [0.29, 0.717) is 27.9 Å². The van der Waals surface area contributed by atoms with Crippen molar-refractivity contribution in [2.45, 2.75) is 18.9 Å². The average Bonchev–Trinajstić information content (AvgIpc) is 3.28. The molecule has 3 heterocycles. The molecular formula is C19H26N6O4S2. The number of para-hydroxylation sites is 2. The van der Waals surface area contributed by atoms with Gasteiger partial charge in [-0.05, 0) is 25.0 Å². The van der Waals surface area contributed by atoms with Crippen molar-refractivity contribution in [2.24, 2.45) is 0 Å². The fraction of sp³-hybridized carbons (Fsp3) is 0.474. The predicted molar refractivity (Wildman–Crippen MR) is 121 cm³/mol. The number of thioether (sulfide) groups is 1. The summed E-state index contributed by atoms with van der Waals surface area (Å²) in [6, 6.07) is 7.13. The number of carbonyl (C=O) groups excluding carboxylic acids is 1. The molecule has 1 aromatic heterocycles. The molecule has 2 fully saturated rings. The summed E-state index contributed by atoms with van der Waals surface area (Å²) in [6.45, 7) is 3.83. The van der Waals surface area contributed by atoms with Gasteiger partial charge in [0.05, 0.1) is 41.4 Å². The highest BCUT2D eigenvalue weighted by atomic mass is 32.2. The Morgan fingerprint density at radius 3 is 2.61 bits per heavy atom. The van der Waals surface area contributed by atoms with Crippen molar-refractivity contribution in [3.8, 4) is 0 Å². The van der Waals surface area contributed by atoms with Gasteiger partial charge in [-0.1, -0.05) is 23.9 Å². The highest BCUT2D eigenvalue weighted by molar-refractivity contribution is 8.03. The number of rotatable bonds is 4. The summed E-state index contributed by atoms with van der Waals surface area (Å²) in [7, 11) is -3.53. The molecule has 3 N–H and O–H groups in total. The number of anilines is 1. The van der Waals surface area contributed by atoms with Crippen molar-refractivity contribution in [3.05, 3.63) is 35.5 Å². The maximum atomic E-state index is 12.3. The van der Waals surface area contributed by atoms with E-state index in [9.17, 15) is 13.2 Å². The van der Waals surface area contributed by atoms with Crippen LogP contribution >= 0.6 is 11.8 Å². The number of urea groups is 1. The first-order valence-corrected chi connectivity index (χ1v) is 12.9. The second-order valence-corrected chi connectivity index (χ2v) is 10.2. The zero-order valence-electron chi connectivity index (χ0n) is 17.2. The lowest BCUT2D eigenvalue weighted by Crippen LogP contribution is -2.35. The first kappa shape index (κ1) is 21.9. The molecule has 1 aromatic carbocycles. The minimum absolute atomic E-state index is 0.236. The van der Waals surface area contributed by atoms with Gasteiger partial charge in [-0.15, -0.1) is 0 Å². The quantitative estimate of drug-likeness (QED) is 0.616. The van der Waals surface area contributed by atoms with Crippen LogP contribution in [0.2, 0.25) is 0 Å². The fourth-order valence-corrected chi connectivity index (χ4v) is 4.90. The Balaban J connectivity index is 0.000000334. The third-order valence-electron chi connectivity index (χ3n) is 4.72. The second kappa shape index (κ2) is 9.47. The largest absolute Gasteiger partial charge is 0.379 e. The van der Waals surface area contributed by atoms with Crippen molar-refractivity contribution in [1.82, 2.24) is 24.9 Å². The first-order chi connectivity index (χ1) is 14.9. The van der Waals surface area contributed by atoms with Crippen LogP contribution in [0.5, 0.6) is 0 Å². The number of amides is 2. The van der Waals surface area contributed by atoms with Crippen molar-refractivity contribution >= 4 is 44.8 Å². The molecule has 2 amide bonds. The van der Waals surface area contributed by atoms with Crippen molar-refractivity contribution in [1.29, 1.82) is 0 Å². The van der Waals surface area contributed by atoms with Gasteiger partial charge in [-0.2, -0.15) is 0 Å². The molecular weight excluding hydrogens is 440 g/mol. The number of fused-ring (bicyclic) bond motifs is 1. The first-order valence-electron chi connectivity index (χ1n) is 10.1. The molecule has 12 heteroatoms. The van der Waals surface area contributed by atoms with E-state index in [2.05, 4.69) is 20.9 Å². The Bertz CT molecular complexity index is 1060. The third-order valence-corrected chi connectivity index (χ3v) is 6.67. The van der Waals surface area contributed by atoms with Gasteiger partial charge < -0.3 is 25.6 Å². The Morgan fingerprint density at radius 2 is 2.00 bits per heavy atom. The Morgan fingerprint density at radius 1 is 1.26 bits per heavy atom. The molecule has 1 saturated carbocycles. The molecule has 2 aromatic rings. The van der Waals surface area contributed by atoms with Gasteiger partial charge in [0.15, 0.2) is 0 Å². The van der Waals surface area contributed by atoms with Crippen LogP contribution in [-0.4, -0.2) is 67.9 Å². The van der Waals surface area contributed by atoms with Gasteiger partial charge >= 0.3 is 6.03 Å². The number of ether oxygens (including phenoxy) is 1. The minimum Gasteiger partial charge on any atom is -0.379 e. The predicted octanol–water partition coefficient (Wildman–Crippen LogP) is 1.22. The normalized spacial score (nSPS) is 18.9. The zero-order valence-corrected chi connectivity index (χ0v) is 18.8. The molecule has 0 bridgehead atoms. The lowest BCUT2D eigenvalue weighted by atomic mass is 10.3. The lowest BCUT2D eigenvalue weighted by molar-refractivity contribution is 0.109. The Kier molecular flexibility index (Phi) is 6.70. The van der Waals surface area contributed by atoms with Crippen LogP contribution in [0.15, 0.2) is 35.5 Å². The number of imidazole rings is 1. The molecule has 1 saturated heterocycles. The van der Waals surface area contributed by atoms with Crippen LogP contribution in [0.3, 0.4) is 0 Å². The average molecular weight is 467 g/mol. The molecule has 1 aliphatic carbocycles. The summed E-state index contributed by atoms with van der Waals surface area (Å²) < 4.78 is 30.8. The standard InChI is InChI=1S/C15H17N5O3S2.C4H9NO/c1-25(22,23)20-12-5-3-2-4-11(12)17-15(20)19-8-13(24-9-19)18-14(21)16-10-6-7-10;1-3-6-4-2-5-1/h2-5,8,10H,6-7,9H2,1H3,(H2,16,18,21);5H,1-4H2. The SMILES string of the molecule is C1COCCN1.CS(=O)(=O)n1c(N2C=C(NC(=O)NC3CC3)SC2)nc2ccccc21. The molecule has 0 spiro atoms. The minimum atomic E-state index is -3.53. The topological polar surface area (TPSA) is 118 Å². The zero-order chi connectivity index (χ0) is 21.8. The molecule has 10 nitrogen and oxygen atoms in total. The monoisotopic (exact) mass is 466 g/mol.